The Morgan fingerprint density at radius 2 is 1.97 bits per heavy atom. The molecule has 4 atom stereocenters. The Hall–Kier alpha value is -2.78. The number of ether oxygens (including phenoxy) is 1. The Morgan fingerprint density at radius 1 is 1.21 bits per heavy atom. The van der Waals surface area contributed by atoms with Gasteiger partial charge < -0.3 is 26.0 Å². The average molecular weight is 463 g/mol. The zero-order valence-corrected chi connectivity index (χ0v) is 18.4. The maximum atomic E-state index is 13.3. The number of hydrogen-bond acceptors (Lipinski definition) is 4. The maximum Gasteiger partial charge on any atom is 0.416 e. The summed E-state index contributed by atoms with van der Waals surface area (Å²) in [6.45, 7) is 2.98. The van der Waals surface area contributed by atoms with E-state index in [1.807, 2.05) is 25.1 Å². The van der Waals surface area contributed by atoms with E-state index in [-0.39, 0.29) is 24.1 Å². The van der Waals surface area contributed by atoms with Crippen LogP contribution in [-0.4, -0.2) is 42.7 Å². The summed E-state index contributed by atoms with van der Waals surface area (Å²) in [4.78, 5) is 14.4. The van der Waals surface area contributed by atoms with Crippen LogP contribution in [0.3, 0.4) is 0 Å². The van der Waals surface area contributed by atoms with Gasteiger partial charge in [0.25, 0.3) is 0 Å². The minimum Gasteiger partial charge on any atom is -0.382 e. The molecule has 9 heteroatoms. The van der Waals surface area contributed by atoms with Gasteiger partial charge in [-0.2, -0.15) is 13.2 Å². The zero-order valence-electron chi connectivity index (χ0n) is 18.4. The molecule has 2 heterocycles. The van der Waals surface area contributed by atoms with Crippen molar-refractivity contribution in [2.24, 2.45) is 11.7 Å². The second-order valence-corrected chi connectivity index (χ2v) is 8.68. The van der Waals surface area contributed by atoms with Crippen LogP contribution in [0.2, 0.25) is 0 Å². The van der Waals surface area contributed by atoms with E-state index in [9.17, 15) is 18.0 Å². The monoisotopic (exact) mass is 462 g/mol. The van der Waals surface area contributed by atoms with Crippen LogP contribution in [0, 0.1) is 5.92 Å². The quantitative estimate of drug-likeness (QED) is 0.594. The number of amides is 2. The largest absolute Gasteiger partial charge is 0.416 e. The highest BCUT2D eigenvalue weighted by Crippen LogP contribution is 2.46. The molecule has 2 amide bonds. The van der Waals surface area contributed by atoms with E-state index < -0.39 is 17.8 Å². The number of nitrogens with two attached hydrogens (primary N) is 1. The minimum absolute atomic E-state index is 0.0540. The fraction of sp³-hybridized carbons (Fsp3) is 0.458. The molecular formula is C24H29F3N4O2. The number of carbonyl (C=O) groups excluding carboxylic acids is 1. The van der Waals surface area contributed by atoms with E-state index in [0.29, 0.717) is 43.0 Å². The van der Waals surface area contributed by atoms with Crippen LogP contribution >= 0.6 is 0 Å². The Kier molecular flexibility index (Phi) is 6.81. The molecule has 4 rings (SSSR count). The number of rotatable bonds is 5. The molecule has 6 nitrogen and oxygen atoms in total. The molecule has 0 saturated carbocycles. The molecule has 0 bridgehead atoms. The fourth-order valence-corrected chi connectivity index (χ4v) is 4.72. The normalized spacial score (nSPS) is 24.3. The van der Waals surface area contributed by atoms with Crippen molar-refractivity contribution in [1.29, 1.82) is 0 Å². The summed E-state index contributed by atoms with van der Waals surface area (Å²) in [6, 6.07) is 12.7. The van der Waals surface area contributed by atoms with Gasteiger partial charge in [0.15, 0.2) is 0 Å². The van der Waals surface area contributed by atoms with Gasteiger partial charge in [-0.25, -0.2) is 4.79 Å². The highest BCUT2D eigenvalue weighted by Gasteiger charge is 2.42. The van der Waals surface area contributed by atoms with Crippen molar-refractivity contribution < 1.29 is 22.7 Å². The van der Waals surface area contributed by atoms with Gasteiger partial charge in [0, 0.05) is 48.5 Å². The number of nitrogens with zero attached hydrogens (tertiary/aromatic N) is 1. The molecule has 1 saturated heterocycles. The summed E-state index contributed by atoms with van der Waals surface area (Å²) in [5.41, 5.74) is 6.91. The lowest BCUT2D eigenvalue weighted by molar-refractivity contribution is -0.138. The summed E-state index contributed by atoms with van der Waals surface area (Å²) in [5.74, 6) is 0.0540. The molecule has 2 aliphatic rings. The SMILES string of the molecule is C[C@@H]1Nc2ccc(C(F)(F)F)cc2[C@H]2O[C@@H](CN(CCN)C(=O)Nc3ccccc3)CC[C@@H]12. The standard InChI is InChI=1S/C24H29F3N4O2/c1-15-19-9-8-18(14-31(12-11-28)23(32)30-17-5-3-2-4-6-17)33-22(19)20-13-16(24(25,26)27)7-10-21(20)29-15/h2-7,10,13,15,18-19,22,29H,8-9,11-12,14,28H2,1H3,(H,30,32)/t15-,18+,19-,22-/m0/s1. The van der Waals surface area contributed by atoms with Gasteiger partial charge in [0.2, 0.25) is 0 Å². The van der Waals surface area contributed by atoms with E-state index >= 15 is 0 Å². The minimum atomic E-state index is -4.42. The Bertz CT molecular complexity index is 970. The van der Waals surface area contributed by atoms with Crippen molar-refractivity contribution in [1.82, 2.24) is 4.90 Å². The summed E-state index contributed by atoms with van der Waals surface area (Å²) in [6.07, 6.45) is -3.69. The van der Waals surface area contributed by atoms with Crippen LogP contribution in [0.4, 0.5) is 29.3 Å². The first kappa shape index (κ1) is 23.4. The van der Waals surface area contributed by atoms with Gasteiger partial charge >= 0.3 is 12.2 Å². The molecule has 33 heavy (non-hydrogen) atoms. The molecule has 2 aromatic rings. The van der Waals surface area contributed by atoms with Crippen molar-refractivity contribution >= 4 is 17.4 Å². The predicted octanol–water partition coefficient (Wildman–Crippen LogP) is 4.85. The van der Waals surface area contributed by atoms with Crippen LogP contribution in [0.5, 0.6) is 0 Å². The van der Waals surface area contributed by atoms with Crippen LogP contribution in [0.25, 0.3) is 0 Å². The number of urea groups is 1. The number of carbonyl (C=O) groups is 1. The zero-order chi connectivity index (χ0) is 23.6. The molecule has 0 aliphatic carbocycles. The predicted molar refractivity (Wildman–Crippen MR) is 121 cm³/mol. The Balaban J connectivity index is 1.51. The van der Waals surface area contributed by atoms with E-state index in [1.54, 1.807) is 17.0 Å². The van der Waals surface area contributed by atoms with Crippen molar-refractivity contribution in [2.45, 2.75) is 44.2 Å². The first-order valence-corrected chi connectivity index (χ1v) is 11.2. The first-order chi connectivity index (χ1) is 15.8. The third-order valence-electron chi connectivity index (χ3n) is 6.40. The fourth-order valence-electron chi connectivity index (χ4n) is 4.72. The van der Waals surface area contributed by atoms with Crippen molar-refractivity contribution in [2.75, 3.05) is 30.3 Å². The molecule has 1 fully saturated rings. The Morgan fingerprint density at radius 3 is 2.67 bits per heavy atom. The van der Waals surface area contributed by atoms with Crippen LogP contribution in [-0.2, 0) is 10.9 Å². The van der Waals surface area contributed by atoms with Crippen molar-refractivity contribution in [3.8, 4) is 0 Å². The maximum absolute atomic E-state index is 13.3. The van der Waals surface area contributed by atoms with Gasteiger partial charge in [-0.3, -0.25) is 0 Å². The second-order valence-electron chi connectivity index (χ2n) is 8.68. The number of hydrogen-bond donors (Lipinski definition) is 3. The molecule has 2 aromatic carbocycles. The molecule has 2 aliphatic heterocycles. The molecule has 4 N–H and O–H groups in total. The summed E-state index contributed by atoms with van der Waals surface area (Å²) >= 11 is 0. The number of halogens is 3. The summed E-state index contributed by atoms with van der Waals surface area (Å²) in [7, 11) is 0. The van der Waals surface area contributed by atoms with Crippen molar-refractivity contribution in [3.05, 3.63) is 59.7 Å². The molecular weight excluding hydrogens is 433 g/mol. The number of alkyl halides is 3. The second kappa shape index (κ2) is 9.61. The van der Waals surface area contributed by atoms with Gasteiger partial charge in [-0.15, -0.1) is 0 Å². The highest BCUT2D eigenvalue weighted by molar-refractivity contribution is 5.89. The van der Waals surface area contributed by atoms with Gasteiger partial charge in [-0.1, -0.05) is 18.2 Å². The number of fused-ring (bicyclic) bond motifs is 3. The molecule has 0 spiro atoms. The van der Waals surface area contributed by atoms with Gasteiger partial charge in [-0.05, 0) is 50.1 Å². The lowest BCUT2D eigenvalue weighted by Gasteiger charge is -2.45. The number of nitrogens with one attached hydrogen (secondary N) is 2. The summed E-state index contributed by atoms with van der Waals surface area (Å²) in [5, 5.41) is 6.18. The topological polar surface area (TPSA) is 79.6 Å². The van der Waals surface area contributed by atoms with Gasteiger partial charge in [0.05, 0.1) is 17.8 Å². The van der Waals surface area contributed by atoms with E-state index in [1.165, 1.54) is 12.1 Å². The third kappa shape index (κ3) is 5.25. The van der Waals surface area contributed by atoms with E-state index in [0.717, 1.165) is 12.5 Å². The van der Waals surface area contributed by atoms with Gasteiger partial charge in [0.1, 0.15) is 0 Å². The van der Waals surface area contributed by atoms with Crippen LogP contribution in [0.1, 0.15) is 37.0 Å². The molecule has 178 valence electrons. The Labute approximate surface area is 191 Å². The summed E-state index contributed by atoms with van der Waals surface area (Å²) < 4.78 is 46.4. The first-order valence-electron chi connectivity index (χ1n) is 11.2. The lowest BCUT2D eigenvalue weighted by Crippen LogP contribution is -2.48. The number of anilines is 2. The van der Waals surface area contributed by atoms with E-state index in [2.05, 4.69) is 10.6 Å². The third-order valence-corrected chi connectivity index (χ3v) is 6.40. The number of para-hydroxylation sites is 1. The van der Waals surface area contributed by atoms with Crippen LogP contribution < -0.4 is 16.4 Å². The number of benzene rings is 2. The molecule has 0 unspecified atom stereocenters. The smallest absolute Gasteiger partial charge is 0.382 e. The lowest BCUT2D eigenvalue weighted by atomic mass is 9.79. The average Bonchev–Trinajstić information content (AvgIpc) is 2.78. The molecule has 0 radical (unpaired) electrons. The highest BCUT2D eigenvalue weighted by atomic mass is 19.4. The molecule has 0 aromatic heterocycles. The van der Waals surface area contributed by atoms with Crippen molar-refractivity contribution in [3.63, 3.8) is 0 Å². The van der Waals surface area contributed by atoms with Crippen LogP contribution in [0.15, 0.2) is 48.5 Å². The van der Waals surface area contributed by atoms with E-state index in [4.69, 9.17) is 10.5 Å².